The van der Waals surface area contributed by atoms with Crippen LogP contribution in [-0.2, 0) is 11.2 Å². The van der Waals surface area contributed by atoms with E-state index in [1.807, 2.05) is 41.9 Å². The van der Waals surface area contributed by atoms with Crippen LogP contribution in [0.3, 0.4) is 0 Å². The van der Waals surface area contributed by atoms with Gasteiger partial charge < -0.3 is 5.11 Å². The van der Waals surface area contributed by atoms with E-state index in [0.29, 0.717) is 0 Å². The van der Waals surface area contributed by atoms with Crippen LogP contribution in [-0.4, -0.2) is 20.5 Å². The van der Waals surface area contributed by atoms with Crippen molar-refractivity contribution in [2.24, 2.45) is 0 Å². The van der Waals surface area contributed by atoms with Crippen molar-refractivity contribution in [3.05, 3.63) is 46.1 Å². The Kier molecular flexibility index (Phi) is 3.23. The van der Waals surface area contributed by atoms with Crippen molar-refractivity contribution in [1.29, 1.82) is 0 Å². The number of hydrogen-bond donors (Lipinski definition) is 1. The second kappa shape index (κ2) is 4.92. The normalized spacial score (nSPS) is 11.1. The number of halogens is 1. The summed E-state index contributed by atoms with van der Waals surface area (Å²) in [6.07, 6.45) is 3.75. The van der Waals surface area contributed by atoms with Gasteiger partial charge in [-0.15, -0.1) is 11.3 Å². The molecule has 0 saturated carbocycles. The van der Waals surface area contributed by atoms with Crippen LogP contribution in [0.5, 0.6) is 0 Å². The number of carboxylic acid groups (broad SMARTS) is 1. The molecule has 20 heavy (non-hydrogen) atoms. The second-order valence-corrected chi connectivity index (χ2v) is 6.05. The van der Waals surface area contributed by atoms with Crippen molar-refractivity contribution in [2.45, 2.75) is 13.3 Å². The number of aromatic nitrogens is 2. The predicted molar refractivity (Wildman–Crippen MR) is 79.6 cm³/mol. The molecule has 6 heteroatoms. The molecule has 0 radical (unpaired) electrons. The zero-order valence-electron chi connectivity index (χ0n) is 10.6. The first kappa shape index (κ1) is 13.1. The molecule has 1 N–H and O–H groups in total. The lowest BCUT2D eigenvalue weighted by Gasteiger charge is -2.00. The molecule has 1 aromatic carbocycles. The Labute approximate surface area is 124 Å². The highest BCUT2D eigenvalue weighted by Gasteiger charge is 2.10. The lowest BCUT2D eigenvalue weighted by atomic mass is 10.1. The van der Waals surface area contributed by atoms with Crippen LogP contribution in [0.1, 0.15) is 10.4 Å². The molecule has 0 unspecified atom stereocenters. The van der Waals surface area contributed by atoms with E-state index in [1.54, 1.807) is 0 Å². The molecular weight excluding hydrogens is 296 g/mol. The molecule has 0 aliphatic carbocycles. The first-order valence-corrected chi connectivity index (χ1v) is 7.18. The van der Waals surface area contributed by atoms with Gasteiger partial charge in [-0.3, -0.25) is 9.20 Å². The molecule has 0 aliphatic rings. The summed E-state index contributed by atoms with van der Waals surface area (Å²) < 4.78 is 1.86. The van der Waals surface area contributed by atoms with E-state index in [-0.39, 0.29) is 6.42 Å². The van der Waals surface area contributed by atoms with Crippen LogP contribution in [0, 0.1) is 6.92 Å². The molecule has 0 amide bonds. The van der Waals surface area contributed by atoms with E-state index in [9.17, 15) is 4.79 Å². The van der Waals surface area contributed by atoms with E-state index in [1.165, 1.54) is 11.3 Å². The Hall–Kier alpha value is -1.85. The largest absolute Gasteiger partial charge is 0.481 e. The van der Waals surface area contributed by atoms with E-state index in [2.05, 4.69) is 4.98 Å². The van der Waals surface area contributed by atoms with Crippen LogP contribution in [0.25, 0.3) is 16.2 Å². The molecule has 2 heterocycles. The predicted octanol–water partition coefficient (Wildman–Crippen LogP) is 3.65. The zero-order valence-corrected chi connectivity index (χ0v) is 12.2. The molecule has 0 saturated heterocycles. The van der Waals surface area contributed by atoms with Gasteiger partial charge in [0.2, 0.25) is 0 Å². The Balaban J connectivity index is 1.98. The zero-order chi connectivity index (χ0) is 14.3. The summed E-state index contributed by atoms with van der Waals surface area (Å²) in [5, 5.41) is 9.52. The van der Waals surface area contributed by atoms with Gasteiger partial charge in [-0.1, -0.05) is 17.7 Å². The number of rotatable bonds is 3. The third kappa shape index (κ3) is 2.42. The molecule has 102 valence electrons. The number of thiazole rings is 1. The quantitative estimate of drug-likeness (QED) is 0.803. The number of nitrogens with zero attached hydrogens (tertiary/aromatic N) is 2. The number of aliphatic carboxylic acids is 1. The maximum atomic E-state index is 10.7. The lowest BCUT2D eigenvalue weighted by Crippen LogP contribution is -1.97. The number of benzene rings is 1. The molecule has 0 spiro atoms. The Morgan fingerprint density at radius 3 is 2.90 bits per heavy atom. The maximum absolute atomic E-state index is 10.7. The SMILES string of the molecule is Cc1cc(-c2cn3cc(CC(=O)O)sc3n2)ccc1Cl. The molecule has 2 aromatic heterocycles. The van der Waals surface area contributed by atoms with Gasteiger partial charge in [0.25, 0.3) is 0 Å². The fourth-order valence-corrected chi connectivity index (χ4v) is 3.09. The lowest BCUT2D eigenvalue weighted by molar-refractivity contribution is -0.136. The van der Waals surface area contributed by atoms with Crippen LogP contribution in [0.15, 0.2) is 30.6 Å². The molecule has 4 nitrogen and oxygen atoms in total. The highest BCUT2D eigenvalue weighted by molar-refractivity contribution is 7.17. The number of aryl methyl sites for hydroxylation is 1. The van der Waals surface area contributed by atoms with E-state index < -0.39 is 5.97 Å². The van der Waals surface area contributed by atoms with E-state index >= 15 is 0 Å². The average Bonchev–Trinajstić information content (AvgIpc) is 2.89. The summed E-state index contributed by atoms with van der Waals surface area (Å²) in [5.41, 5.74) is 2.87. The maximum Gasteiger partial charge on any atom is 0.308 e. The molecule has 0 fully saturated rings. The van der Waals surface area contributed by atoms with Crippen LogP contribution < -0.4 is 0 Å². The number of imidazole rings is 1. The molecular formula is C14H11ClN2O2S. The highest BCUT2D eigenvalue weighted by atomic mass is 35.5. The summed E-state index contributed by atoms with van der Waals surface area (Å²) in [6.45, 7) is 1.95. The van der Waals surface area contributed by atoms with Crippen molar-refractivity contribution < 1.29 is 9.90 Å². The van der Waals surface area contributed by atoms with E-state index in [0.717, 1.165) is 31.7 Å². The number of carboxylic acids is 1. The molecule has 0 atom stereocenters. The first-order chi connectivity index (χ1) is 9.52. The fraction of sp³-hybridized carbons (Fsp3) is 0.143. The van der Waals surface area contributed by atoms with E-state index in [4.69, 9.17) is 16.7 Å². The van der Waals surface area contributed by atoms with Gasteiger partial charge in [-0.2, -0.15) is 0 Å². The standard InChI is InChI=1S/C14H11ClN2O2S/c1-8-4-9(2-3-11(8)15)12-7-17-6-10(5-13(18)19)20-14(17)16-12/h2-4,6-7H,5H2,1H3,(H,18,19). The third-order valence-electron chi connectivity index (χ3n) is 2.98. The van der Waals surface area contributed by atoms with Crippen molar-refractivity contribution in [1.82, 2.24) is 9.38 Å². The minimum absolute atomic E-state index is 0.0312. The third-order valence-corrected chi connectivity index (χ3v) is 4.40. The molecule has 3 rings (SSSR count). The van der Waals surface area contributed by atoms with Gasteiger partial charge in [0.15, 0.2) is 4.96 Å². The van der Waals surface area contributed by atoms with Crippen LogP contribution in [0.4, 0.5) is 0 Å². The van der Waals surface area contributed by atoms with Gasteiger partial charge in [0, 0.05) is 27.9 Å². The molecule has 3 aromatic rings. The minimum atomic E-state index is -0.831. The number of carbonyl (C=O) groups is 1. The van der Waals surface area contributed by atoms with Crippen molar-refractivity contribution in [2.75, 3.05) is 0 Å². The van der Waals surface area contributed by atoms with Gasteiger partial charge in [-0.05, 0) is 24.6 Å². The monoisotopic (exact) mass is 306 g/mol. The minimum Gasteiger partial charge on any atom is -0.481 e. The van der Waals surface area contributed by atoms with Crippen molar-refractivity contribution >= 4 is 33.9 Å². The first-order valence-electron chi connectivity index (χ1n) is 5.98. The number of hydrogen-bond acceptors (Lipinski definition) is 3. The van der Waals surface area contributed by atoms with Crippen molar-refractivity contribution in [3.63, 3.8) is 0 Å². The topological polar surface area (TPSA) is 54.6 Å². The van der Waals surface area contributed by atoms with Gasteiger partial charge >= 0.3 is 5.97 Å². The Morgan fingerprint density at radius 2 is 2.25 bits per heavy atom. The number of fused-ring (bicyclic) bond motifs is 1. The summed E-state index contributed by atoms with van der Waals surface area (Å²) in [6, 6.07) is 5.78. The fourth-order valence-electron chi connectivity index (χ4n) is 2.02. The summed E-state index contributed by atoms with van der Waals surface area (Å²) >= 11 is 7.41. The van der Waals surface area contributed by atoms with Crippen LogP contribution in [0.2, 0.25) is 5.02 Å². The van der Waals surface area contributed by atoms with Gasteiger partial charge in [-0.25, -0.2) is 4.98 Å². The molecule has 0 aliphatic heterocycles. The van der Waals surface area contributed by atoms with Gasteiger partial charge in [0.05, 0.1) is 12.1 Å². The highest BCUT2D eigenvalue weighted by Crippen LogP contribution is 2.27. The average molecular weight is 307 g/mol. The smallest absolute Gasteiger partial charge is 0.308 e. The van der Waals surface area contributed by atoms with Crippen molar-refractivity contribution in [3.8, 4) is 11.3 Å². The van der Waals surface area contributed by atoms with Crippen LogP contribution >= 0.6 is 22.9 Å². The summed E-state index contributed by atoms with van der Waals surface area (Å²) in [7, 11) is 0. The Bertz CT molecular complexity index is 775. The Morgan fingerprint density at radius 1 is 1.45 bits per heavy atom. The molecule has 0 bridgehead atoms. The summed E-state index contributed by atoms with van der Waals surface area (Å²) in [4.78, 5) is 16.8. The summed E-state index contributed by atoms with van der Waals surface area (Å²) in [5.74, 6) is -0.831. The second-order valence-electron chi connectivity index (χ2n) is 4.55. The van der Waals surface area contributed by atoms with Gasteiger partial charge in [0.1, 0.15) is 0 Å².